The molecule has 0 amide bonds. The lowest BCUT2D eigenvalue weighted by molar-refractivity contribution is -0.143. The Morgan fingerprint density at radius 1 is 1.09 bits per heavy atom. The topological polar surface area (TPSA) is 87.7 Å². The summed E-state index contributed by atoms with van der Waals surface area (Å²) in [7, 11) is 0. The molecule has 0 atom stereocenters. The van der Waals surface area contributed by atoms with Crippen molar-refractivity contribution in [3.63, 3.8) is 0 Å². The van der Waals surface area contributed by atoms with Crippen molar-refractivity contribution >= 4 is 5.97 Å². The molecule has 4 aromatic rings. The van der Waals surface area contributed by atoms with Gasteiger partial charge in [-0.3, -0.25) is 4.98 Å². The number of carbonyl (C=O) groups is 1. The molecule has 1 aromatic carbocycles. The van der Waals surface area contributed by atoms with E-state index in [4.69, 9.17) is 4.74 Å². The molecular weight excluding hydrogens is 432 g/mol. The van der Waals surface area contributed by atoms with E-state index in [1.54, 1.807) is 0 Å². The van der Waals surface area contributed by atoms with E-state index in [1.165, 1.54) is 54.3 Å². The maximum Gasteiger partial charge on any atom is 0.434 e. The van der Waals surface area contributed by atoms with Crippen LogP contribution in [0.15, 0.2) is 55.1 Å². The van der Waals surface area contributed by atoms with Crippen molar-refractivity contribution < 1.29 is 27.1 Å². The van der Waals surface area contributed by atoms with Gasteiger partial charge in [0.15, 0.2) is 11.5 Å². The monoisotopic (exact) mass is 446 g/mol. The molecule has 3 aromatic heterocycles. The van der Waals surface area contributed by atoms with Crippen LogP contribution in [0.4, 0.5) is 17.6 Å². The van der Waals surface area contributed by atoms with Gasteiger partial charge < -0.3 is 4.74 Å². The SMILES string of the molecule is CCOC(=O)c1cnn(-c2ccc(-n3cc(-c4ccncc4F)nn3)cc2)c1C(F)(F)F. The lowest BCUT2D eigenvalue weighted by Gasteiger charge is -2.12. The fourth-order valence-electron chi connectivity index (χ4n) is 3.02. The first-order valence-corrected chi connectivity index (χ1v) is 9.25. The number of esters is 1. The Morgan fingerprint density at radius 3 is 2.47 bits per heavy atom. The highest BCUT2D eigenvalue weighted by Crippen LogP contribution is 2.34. The Morgan fingerprint density at radius 2 is 1.81 bits per heavy atom. The van der Waals surface area contributed by atoms with E-state index in [0.717, 1.165) is 12.4 Å². The third-order valence-electron chi connectivity index (χ3n) is 4.43. The van der Waals surface area contributed by atoms with E-state index in [0.29, 0.717) is 10.4 Å². The van der Waals surface area contributed by atoms with Crippen LogP contribution in [0.25, 0.3) is 22.6 Å². The molecule has 0 fully saturated rings. The summed E-state index contributed by atoms with van der Waals surface area (Å²) in [6.45, 7) is 1.42. The van der Waals surface area contributed by atoms with Gasteiger partial charge in [0.25, 0.3) is 0 Å². The molecular formula is C20H14F4N6O2. The molecule has 0 aliphatic heterocycles. The Labute approximate surface area is 178 Å². The van der Waals surface area contributed by atoms with E-state index in [2.05, 4.69) is 20.4 Å². The second-order valence-electron chi connectivity index (χ2n) is 6.46. The molecule has 0 aliphatic carbocycles. The highest BCUT2D eigenvalue weighted by molar-refractivity contribution is 5.90. The fraction of sp³-hybridized carbons (Fsp3) is 0.150. The molecule has 0 unspecified atom stereocenters. The summed E-state index contributed by atoms with van der Waals surface area (Å²) in [4.78, 5) is 15.6. The van der Waals surface area contributed by atoms with Crippen molar-refractivity contribution in [1.82, 2.24) is 29.8 Å². The third-order valence-corrected chi connectivity index (χ3v) is 4.43. The van der Waals surface area contributed by atoms with Crippen LogP contribution in [0.1, 0.15) is 23.0 Å². The smallest absolute Gasteiger partial charge is 0.434 e. The minimum atomic E-state index is -4.84. The van der Waals surface area contributed by atoms with Gasteiger partial charge in [0.1, 0.15) is 11.3 Å². The van der Waals surface area contributed by atoms with Gasteiger partial charge in [0.2, 0.25) is 0 Å². The number of benzene rings is 1. The van der Waals surface area contributed by atoms with E-state index >= 15 is 0 Å². The van der Waals surface area contributed by atoms with Crippen molar-refractivity contribution in [3.8, 4) is 22.6 Å². The normalized spacial score (nSPS) is 11.5. The Balaban J connectivity index is 1.67. The van der Waals surface area contributed by atoms with Crippen LogP contribution >= 0.6 is 0 Å². The highest BCUT2D eigenvalue weighted by Gasteiger charge is 2.41. The standard InChI is InChI=1S/C20H14F4N6O2/c1-2-32-19(31)15-9-26-30(18(15)20(22,23)24)13-5-3-12(4-6-13)29-11-17(27-28-29)14-7-8-25-10-16(14)21/h3-11H,2H2,1H3. The number of alkyl halides is 3. The molecule has 3 heterocycles. The number of nitrogens with zero attached hydrogens (tertiary/aromatic N) is 6. The van der Waals surface area contributed by atoms with Crippen molar-refractivity contribution in [3.05, 3.63) is 72.2 Å². The van der Waals surface area contributed by atoms with Crippen LogP contribution in [0.3, 0.4) is 0 Å². The van der Waals surface area contributed by atoms with Gasteiger partial charge in [-0.25, -0.2) is 18.5 Å². The first-order valence-electron chi connectivity index (χ1n) is 9.25. The second-order valence-corrected chi connectivity index (χ2v) is 6.46. The zero-order chi connectivity index (χ0) is 22.9. The first kappa shape index (κ1) is 21.2. The van der Waals surface area contributed by atoms with Gasteiger partial charge in [-0.15, -0.1) is 5.10 Å². The summed E-state index contributed by atoms with van der Waals surface area (Å²) >= 11 is 0. The minimum absolute atomic E-state index is 0.0668. The molecule has 0 radical (unpaired) electrons. The summed E-state index contributed by atoms with van der Waals surface area (Å²) in [6.07, 6.45) is -0.0786. The predicted molar refractivity (Wildman–Crippen MR) is 103 cm³/mol. The molecule has 0 saturated heterocycles. The van der Waals surface area contributed by atoms with E-state index < -0.39 is 29.2 Å². The molecule has 0 saturated carbocycles. The van der Waals surface area contributed by atoms with E-state index in [1.807, 2.05) is 0 Å². The molecule has 32 heavy (non-hydrogen) atoms. The van der Waals surface area contributed by atoms with Crippen molar-refractivity contribution in [2.24, 2.45) is 0 Å². The van der Waals surface area contributed by atoms with Gasteiger partial charge in [0.05, 0.1) is 36.6 Å². The predicted octanol–water partition coefficient (Wildman–Crippen LogP) is 3.85. The zero-order valence-corrected chi connectivity index (χ0v) is 16.4. The van der Waals surface area contributed by atoms with E-state index in [-0.39, 0.29) is 23.6 Å². The molecule has 12 heteroatoms. The summed E-state index contributed by atoms with van der Waals surface area (Å²) in [6, 6.07) is 7.18. The number of rotatable bonds is 5. The lowest BCUT2D eigenvalue weighted by atomic mass is 10.2. The number of aromatic nitrogens is 6. The highest BCUT2D eigenvalue weighted by atomic mass is 19.4. The molecule has 0 spiro atoms. The largest absolute Gasteiger partial charge is 0.462 e. The zero-order valence-electron chi connectivity index (χ0n) is 16.4. The van der Waals surface area contributed by atoms with Crippen LogP contribution in [-0.2, 0) is 10.9 Å². The number of pyridine rings is 1. The lowest BCUT2D eigenvalue weighted by Crippen LogP contribution is -2.18. The average Bonchev–Trinajstić information content (AvgIpc) is 3.42. The summed E-state index contributed by atoms with van der Waals surface area (Å²) < 4.78 is 61.5. The summed E-state index contributed by atoms with van der Waals surface area (Å²) in [5.74, 6) is -1.67. The number of carbonyl (C=O) groups excluding carboxylic acids is 1. The number of halogens is 4. The van der Waals surface area contributed by atoms with Crippen molar-refractivity contribution in [2.75, 3.05) is 6.61 Å². The second kappa shape index (κ2) is 8.21. The fourth-order valence-corrected chi connectivity index (χ4v) is 3.02. The summed E-state index contributed by atoms with van der Waals surface area (Å²) in [5, 5.41) is 11.6. The van der Waals surface area contributed by atoms with Gasteiger partial charge in [-0.05, 0) is 37.3 Å². The van der Waals surface area contributed by atoms with E-state index in [9.17, 15) is 22.4 Å². The quantitative estimate of drug-likeness (QED) is 0.342. The van der Waals surface area contributed by atoms with Crippen LogP contribution in [0.5, 0.6) is 0 Å². The molecule has 164 valence electrons. The number of ether oxygens (including phenoxy) is 1. The van der Waals surface area contributed by atoms with Gasteiger partial charge >= 0.3 is 12.1 Å². The molecule has 0 aliphatic rings. The number of hydrogen-bond donors (Lipinski definition) is 0. The van der Waals surface area contributed by atoms with Crippen LogP contribution < -0.4 is 0 Å². The summed E-state index contributed by atoms with van der Waals surface area (Å²) in [5.41, 5.74) is -0.908. The van der Waals surface area contributed by atoms with Crippen LogP contribution in [0.2, 0.25) is 0 Å². The minimum Gasteiger partial charge on any atom is -0.462 e. The maximum absolute atomic E-state index is 13.9. The Kier molecular flexibility index (Phi) is 5.43. The van der Waals surface area contributed by atoms with Gasteiger partial charge in [-0.2, -0.15) is 18.3 Å². The molecule has 8 nitrogen and oxygen atoms in total. The van der Waals surface area contributed by atoms with Gasteiger partial charge in [0, 0.05) is 11.8 Å². The van der Waals surface area contributed by atoms with Crippen LogP contribution in [0, 0.1) is 5.82 Å². The Hall–Kier alpha value is -4.09. The molecule has 0 bridgehead atoms. The molecule has 0 N–H and O–H groups in total. The van der Waals surface area contributed by atoms with Crippen LogP contribution in [-0.4, -0.2) is 42.3 Å². The van der Waals surface area contributed by atoms with Crippen molar-refractivity contribution in [2.45, 2.75) is 13.1 Å². The molecule has 4 rings (SSSR count). The third kappa shape index (κ3) is 3.94. The first-order chi connectivity index (χ1) is 15.3. The Bertz CT molecular complexity index is 1260. The van der Waals surface area contributed by atoms with Crippen molar-refractivity contribution in [1.29, 1.82) is 0 Å². The number of hydrogen-bond acceptors (Lipinski definition) is 6. The average molecular weight is 446 g/mol. The maximum atomic E-state index is 13.9. The van der Waals surface area contributed by atoms with Gasteiger partial charge in [-0.1, -0.05) is 5.21 Å².